The Kier molecular flexibility index (Phi) is 6.63. The average molecular weight is 238 g/mol. The maximum atomic E-state index is 11.2. The summed E-state index contributed by atoms with van der Waals surface area (Å²) in [5.41, 5.74) is 0. The van der Waals surface area contributed by atoms with Crippen molar-refractivity contribution >= 4 is 5.97 Å². The highest BCUT2D eigenvalue weighted by Gasteiger charge is 2.30. The molecule has 3 heteroatoms. The number of ether oxygens (including phenoxy) is 2. The summed E-state index contributed by atoms with van der Waals surface area (Å²) in [6.45, 7) is 5.17. The van der Waals surface area contributed by atoms with Crippen molar-refractivity contribution in [2.24, 2.45) is 5.92 Å². The molecule has 1 aliphatic heterocycles. The van der Waals surface area contributed by atoms with Gasteiger partial charge in [0.2, 0.25) is 0 Å². The van der Waals surface area contributed by atoms with Crippen LogP contribution < -0.4 is 0 Å². The summed E-state index contributed by atoms with van der Waals surface area (Å²) in [5.74, 6) is 0.0724. The largest absolute Gasteiger partial charge is 0.463 e. The van der Waals surface area contributed by atoms with Gasteiger partial charge in [-0.15, -0.1) is 0 Å². The van der Waals surface area contributed by atoms with Gasteiger partial charge in [0, 0.05) is 12.0 Å². The maximum Gasteiger partial charge on any atom is 0.330 e. The van der Waals surface area contributed by atoms with Crippen LogP contribution >= 0.6 is 0 Å². The summed E-state index contributed by atoms with van der Waals surface area (Å²) in [4.78, 5) is 11.2. The van der Waals surface area contributed by atoms with Gasteiger partial charge in [-0.1, -0.05) is 25.2 Å². The molecule has 17 heavy (non-hydrogen) atoms. The van der Waals surface area contributed by atoms with Gasteiger partial charge < -0.3 is 9.47 Å². The third kappa shape index (κ3) is 6.27. The van der Waals surface area contributed by atoms with Crippen LogP contribution in [0.4, 0.5) is 0 Å². The summed E-state index contributed by atoms with van der Waals surface area (Å²) in [5, 5.41) is 0. The molecule has 1 fully saturated rings. The van der Waals surface area contributed by atoms with Gasteiger partial charge in [0.1, 0.15) is 0 Å². The van der Waals surface area contributed by atoms with Gasteiger partial charge in [0.25, 0.3) is 0 Å². The fourth-order valence-electron chi connectivity index (χ4n) is 1.67. The van der Waals surface area contributed by atoms with E-state index in [2.05, 4.69) is 19.1 Å². The smallest absolute Gasteiger partial charge is 0.330 e. The lowest BCUT2D eigenvalue weighted by Gasteiger charge is -2.07. The Morgan fingerprint density at radius 2 is 2.24 bits per heavy atom. The van der Waals surface area contributed by atoms with Crippen LogP contribution in [0, 0.1) is 5.92 Å². The van der Waals surface area contributed by atoms with Gasteiger partial charge in [-0.05, 0) is 26.2 Å². The summed E-state index contributed by atoms with van der Waals surface area (Å²) in [7, 11) is 0. The van der Waals surface area contributed by atoms with E-state index in [4.69, 9.17) is 9.47 Å². The first-order valence-electron chi connectivity index (χ1n) is 6.39. The van der Waals surface area contributed by atoms with E-state index in [0.29, 0.717) is 18.6 Å². The zero-order chi connectivity index (χ0) is 12.5. The second kappa shape index (κ2) is 8.07. The van der Waals surface area contributed by atoms with Crippen LogP contribution in [0.5, 0.6) is 0 Å². The Morgan fingerprint density at radius 3 is 2.82 bits per heavy atom. The van der Waals surface area contributed by atoms with Crippen LogP contribution in [0.1, 0.15) is 33.1 Å². The first kappa shape index (κ1) is 14.0. The zero-order valence-electron chi connectivity index (χ0n) is 10.7. The molecule has 0 bridgehead atoms. The first-order chi connectivity index (χ1) is 8.27. The van der Waals surface area contributed by atoms with Crippen LogP contribution in [-0.4, -0.2) is 25.3 Å². The minimum atomic E-state index is -0.262. The second-order valence-corrected chi connectivity index (χ2v) is 4.10. The average Bonchev–Trinajstić information content (AvgIpc) is 3.12. The minimum Gasteiger partial charge on any atom is -0.463 e. The summed E-state index contributed by atoms with van der Waals surface area (Å²) < 4.78 is 10.1. The van der Waals surface area contributed by atoms with Crippen LogP contribution in [0.15, 0.2) is 24.3 Å². The molecule has 0 N–H and O–H groups in total. The molecular formula is C14H22O3. The summed E-state index contributed by atoms with van der Waals surface area (Å²) in [6.07, 6.45) is 11.2. The topological polar surface area (TPSA) is 38.8 Å². The van der Waals surface area contributed by atoms with E-state index < -0.39 is 0 Å². The zero-order valence-corrected chi connectivity index (χ0v) is 10.7. The van der Waals surface area contributed by atoms with Crippen molar-refractivity contribution in [3.05, 3.63) is 24.3 Å². The van der Waals surface area contributed by atoms with E-state index in [-0.39, 0.29) is 5.97 Å². The lowest BCUT2D eigenvalue weighted by atomic mass is 9.99. The van der Waals surface area contributed by atoms with Crippen LogP contribution in [-0.2, 0) is 14.3 Å². The number of esters is 1. The van der Waals surface area contributed by atoms with Gasteiger partial charge in [-0.25, -0.2) is 4.79 Å². The molecule has 0 aromatic carbocycles. The lowest BCUT2D eigenvalue weighted by molar-refractivity contribution is -0.137. The van der Waals surface area contributed by atoms with Crippen molar-refractivity contribution in [3.63, 3.8) is 0 Å². The number of hydrogen-bond acceptors (Lipinski definition) is 3. The van der Waals surface area contributed by atoms with Gasteiger partial charge in [0.15, 0.2) is 0 Å². The Hall–Kier alpha value is -1.09. The van der Waals surface area contributed by atoms with Crippen molar-refractivity contribution in [1.29, 1.82) is 0 Å². The van der Waals surface area contributed by atoms with Crippen molar-refractivity contribution in [3.8, 4) is 0 Å². The molecule has 1 aliphatic rings. The quantitative estimate of drug-likeness (QED) is 0.282. The fraction of sp³-hybridized carbons (Fsp3) is 0.643. The molecule has 0 radical (unpaired) electrons. The van der Waals surface area contributed by atoms with Gasteiger partial charge in [0.05, 0.1) is 19.3 Å². The monoisotopic (exact) mass is 238 g/mol. The molecule has 2 atom stereocenters. The van der Waals surface area contributed by atoms with Crippen molar-refractivity contribution in [1.82, 2.24) is 0 Å². The Labute approximate surface area is 103 Å². The molecular weight excluding hydrogens is 216 g/mol. The molecule has 0 saturated carbocycles. The Balaban J connectivity index is 2.32. The van der Waals surface area contributed by atoms with Crippen LogP contribution in [0.25, 0.3) is 0 Å². The second-order valence-electron chi connectivity index (χ2n) is 4.10. The number of carbonyl (C=O) groups is 1. The van der Waals surface area contributed by atoms with Gasteiger partial charge in [-0.2, -0.15) is 0 Å². The summed E-state index contributed by atoms with van der Waals surface area (Å²) >= 11 is 0. The van der Waals surface area contributed by atoms with E-state index in [1.165, 1.54) is 6.08 Å². The number of carbonyl (C=O) groups excluding carboxylic acids is 1. The molecule has 0 aromatic rings. The first-order valence-corrected chi connectivity index (χ1v) is 6.39. The van der Waals surface area contributed by atoms with E-state index in [1.807, 2.05) is 13.0 Å². The number of hydrogen-bond donors (Lipinski definition) is 0. The molecule has 0 spiro atoms. The Morgan fingerprint density at radius 1 is 1.47 bits per heavy atom. The SMILES string of the molecule is CCC=CCC[C@H](C=CC(=O)OCC)[C@@H]1CO1. The normalized spacial score (nSPS) is 20.9. The highest BCUT2D eigenvalue weighted by Crippen LogP contribution is 2.25. The van der Waals surface area contributed by atoms with E-state index in [1.54, 1.807) is 0 Å². The predicted molar refractivity (Wildman–Crippen MR) is 67.7 cm³/mol. The van der Waals surface area contributed by atoms with Crippen molar-refractivity contribution in [2.75, 3.05) is 13.2 Å². The number of allylic oxidation sites excluding steroid dienone is 2. The summed E-state index contributed by atoms with van der Waals surface area (Å²) in [6, 6.07) is 0. The number of epoxide rings is 1. The molecule has 0 aromatic heterocycles. The molecule has 0 unspecified atom stereocenters. The standard InChI is InChI=1S/C14H22O3/c1-3-5-6-7-8-12(13-11-17-13)9-10-14(15)16-4-2/h5-6,9-10,12-13H,3-4,7-8,11H2,1-2H3/t12-,13+/m1/s1. The molecule has 96 valence electrons. The van der Waals surface area contributed by atoms with Crippen LogP contribution in [0.2, 0.25) is 0 Å². The van der Waals surface area contributed by atoms with Gasteiger partial charge in [-0.3, -0.25) is 0 Å². The molecule has 3 nitrogen and oxygen atoms in total. The van der Waals surface area contributed by atoms with Crippen molar-refractivity contribution < 1.29 is 14.3 Å². The minimum absolute atomic E-state index is 0.262. The molecule has 0 amide bonds. The predicted octanol–water partition coefficient (Wildman–Crippen LogP) is 2.87. The molecule has 1 rings (SSSR count). The van der Waals surface area contributed by atoms with Gasteiger partial charge >= 0.3 is 5.97 Å². The molecule has 1 saturated heterocycles. The highest BCUT2D eigenvalue weighted by molar-refractivity contribution is 5.81. The van der Waals surface area contributed by atoms with E-state index in [0.717, 1.165) is 25.9 Å². The highest BCUT2D eigenvalue weighted by atomic mass is 16.6. The maximum absolute atomic E-state index is 11.2. The lowest BCUT2D eigenvalue weighted by Crippen LogP contribution is -2.07. The third-order valence-corrected chi connectivity index (χ3v) is 2.67. The molecule has 0 aliphatic carbocycles. The van der Waals surface area contributed by atoms with E-state index in [9.17, 15) is 4.79 Å². The van der Waals surface area contributed by atoms with Crippen molar-refractivity contribution in [2.45, 2.75) is 39.2 Å². The van der Waals surface area contributed by atoms with Crippen LogP contribution in [0.3, 0.4) is 0 Å². The van der Waals surface area contributed by atoms with E-state index >= 15 is 0 Å². The fourth-order valence-corrected chi connectivity index (χ4v) is 1.67. The Bertz CT molecular complexity index is 277. The molecule has 1 heterocycles. The third-order valence-electron chi connectivity index (χ3n) is 2.67. The number of rotatable bonds is 8.